The molecule has 0 fully saturated rings. The zero-order valence-electron chi connectivity index (χ0n) is 10.7. The van der Waals surface area contributed by atoms with E-state index in [0.29, 0.717) is 6.54 Å². The fourth-order valence-corrected chi connectivity index (χ4v) is 3.76. The predicted octanol–water partition coefficient (Wildman–Crippen LogP) is 2.26. The van der Waals surface area contributed by atoms with Crippen LogP contribution in [0.1, 0.15) is 16.1 Å². The number of rotatable bonds is 3. The van der Waals surface area contributed by atoms with Gasteiger partial charge in [0.25, 0.3) is 5.56 Å². The van der Waals surface area contributed by atoms with Gasteiger partial charge in [0.1, 0.15) is 5.69 Å². The Labute approximate surface area is 120 Å². The molecule has 102 valence electrons. The number of thioether (sulfide) groups is 1. The highest BCUT2D eigenvalue weighted by Gasteiger charge is 2.23. The fraction of sp³-hybridized carbons (Fsp3) is 0.200. The molecule has 0 aliphatic carbocycles. The Kier molecular flexibility index (Phi) is 3.36. The zero-order chi connectivity index (χ0) is 14.1. The van der Waals surface area contributed by atoms with E-state index >= 15 is 0 Å². The lowest BCUT2D eigenvalue weighted by molar-refractivity contribution is 0.0683. The summed E-state index contributed by atoms with van der Waals surface area (Å²) in [6, 6.07) is 12.5. The summed E-state index contributed by atoms with van der Waals surface area (Å²) in [7, 11) is 0. The van der Waals surface area contributed by atoms with Crippen LogP contribution in [-0.2, 0) is 13.0 Å². The van der Waals surface area contributed by atoms with Crippen molar-refractivity contribution in [3.8, 4) is 0 Å². The molecule has 1 unspecified atom stereocenters. The van der Waals surface area contributed by atoms with Crippen molar-refractivity contribution in [1.29, 1.82) is 0 Å². The van der Waals surface area contributed by atoms with Gasteiger partial charge < -0.3 is 9.67 Å². The van der Waals surface area contributed by atoms with Crippen LogP contribution < -0.4 is 5.56 Å². The SMILES string of the molecule is O=C(O)c1cccc(=O)n1CC1Cc2ccccc2S1. The van der Waals surface area contributed by atoms with Crippen LogP contribution in [-0.4, -0.2) is 20.9 Å². The Bertz CT molecular complexity index is 698. The third-order valence-electron chi connectivity index (χ3n) is 3.37. The van der Waals surface area contributed by atoms with Crippen LogP contribution in [0.5, 0.6) is 0 Å². The van der Waals surface area contributed by atoms with E-state index < -0.39 is 5.97 Å². The number of hydrogen-bond acceptors (Lipinski definition) is 3. The molecule has 1 aromatic heterocycles. The number of hydrogen-bond donors (Lipinski definition) is 1. The van der Waals surface area contributed by atoms with Gasteiger partial charge in [-0.05, 0) is 24.1 Å². The van der Waals surface area contributed by atoms with Crippen LogP contribution in [0.15, 0.2) is 52.2 Å². The molecule has 1 aliphatic rings. The Balaban J connectivity index is 1.87. The maximum absolute atomic E-state index is 11.9. The van der Waals surface area contributed by atoms with Gasteiger partial charge in [0, 0.05) is 22.8 Å². The molecule has 20 heavy (non-hydrogen) atoms. The molecule has 0 radical (unpaired) electrons. The standard InChI is InChI=1S/C15H13NO3S/c17-14-7-3-5-12(15(18)19)16(14)9-11-8-10-4-1-2-6-13(10)20-11/h1-7,11H,8-9H2,(H,18,19). The van der Waals surface area contributed by atoms with Crippen LogP contribution in [0.2, 0.25) is 0 Å². The van der Waals surface area contributed by atoms with Gasteiger partial charge in [-0.1, -0.05) is 24.3 Å². The zero-order valence-corrected chi connectivity index (χ0v) is 11.5. The van der Waals surface area contributed by atoms with Crippen molar-refractivity contribution < 1.29 is 9.90 Å². The molecule has 1 aliphatic heterocycles. The van der Waals surface area contributed by atoms with Gasteiger partial charge >= 0.3 is 5.97 Å². The molecule has 4 nitrogen and oxygen atoms in total. The van der Waals surface area contributed by atoms with Crippen molar-refractivity contribution in [2.24, 2.45) is 0 Å². The molecule has 1 N–H and O–H groups in total. The molecule has 2 aromatic rings. The third-order valence-corrected chi connectivity index (χ3v) is 4.67. The molecule has 0 spiro atoms. The van der Waals surface area contributed by atoms with E-state index in [-0.39, 0.29) is 16.5 Å². The molecule has 3 rings (SSSR count). The minimum Gasteiger partial charge on any atom is -0.477 e. The first-order valence-electron chi connectivity index (χ1n) is 6.33. The molecule has 0 bridgehead atoms. The summed E-state index contributed by atoms with van der Waals surface area (Å²) in [6.07, 6.45) is 0.862. The Morgan fingerprint density at radius 3 is 2.80 bits per heavy atom. The monoisotopic (exact) mass is 287 g/mol. The largest absolute Gasteiger partial charge is 0.477 e. The first-order chi connectivity index (χ1) is 9.65. The summed E-state index contributed by atoms with van der Waals surface area (Å²) in [5, 5.41) is 9.37. The lowest BCUT2D eigenvalue weighted by atomic mass is 10.1. The highest BCUT2D eigenvalue weighted by molar-refractivity contribution is 8.00. The lowest BCUT2D eigenvalue weighted by Crippen LogP contribution is -2.29. The number of carboxylic acids is 1. The number of pyridine rings is 1. The Hall–Kier alpha value is -2.01. The highest BCUT2D eigenvalue weighted by atomic mass is 32.2. The fourth-order valence-electron chi connectivity index (χ4n) is 2.45. The van der Waals surface area contributed by atoms with Gasteiger partial charge in [-0.25, -0.2) is 4.79 Å². The van der Waals surface area contributed by atoms with Crippen LogP contribution in [0.4, 0.5) is 0 Å². The van der Waals surface area contributed by atoms with E-state index in [1.807, 2.05) is 12.1 Å². The van der Waals surface area contributed by atoms with Gasteiger partial charge in [-0.3, -0.25) is 4.79 Å². The Morgan fingerprint density at radius 1 is 1.25 bits per heavy atom. The minimum atomic E-state index is -1.07. The number of fused-ring (bicyclic) bond motifs is 1. The number of benzene rings is 1. The molecule has 0 saturated carbocycles. The second kappa shape index (κ2) is 5.17. The lowest BCUT2D eigenvalue weighted by Gasteiger charge is -2.13. The van der Waals surface area contributed by atoms with Gasteiger partial charge in [0.05, 0.1) is 0 Å². The predicted molar refractivity (Wildman–Crippen MR) is 77.5 cm³/mol. The maximum Gasteiger partial charge on any atom is 0.352 e. The second-order valence-electron chi connectivity index (χ2n) is 4.72. The average Bonchev–Trinajstić information content (AvgIpc) is 2.83. The van der Waals surface area contributed by atoms with Crippen LogP contribution in [0.3, 0.4) is 0 Å². The first kappa shape index (κ1) is 13.0. The first-order valence-corrected chi connectivity index (χ1v) is 7.21. The van der Waals surface area contributed by atoms with Gasteiger partial charge in [-0.15, -0.1) is 11.8 Å². The van der Waals surface area contributed by atoms with E-state index in [0.717, 1.165) is 6.42 Å². The molecule has 5 heteroatoms. The van der Waals surface area contributed by atoms with Gasteiger partial charge in [0.15, 0.2) is 0 Å². The molecule has 2 heterocycles. The van der Waals surface area contributed by atoms with Crippen molar-refractivity contribution in [3.05, 3.63) is 64.1 Å². The summed E-state index contributed by atoms with van der Waals surface area (Å²) in [6.45, 7) is 0.417. The van der Waals surface area contributed by atoms with Crippen LogP contribution in [0, 0.1) is 0 Å². The molecule has 0 amide bonds. The van der Waals surface area contributed by atoms with Gasteiger partial charge in [0.2, 0.25) is 0 Å². The molecule has 1 aromatic carbocycles. The number of nitrogens with zero attached hydrogens (tertiary/aromatic N) is 1. The smallest absolute Gasteiger partial charge is 0.352 e. The van der Waals surface area contributed by atoms with Crippen molar-refractivity contribution >= 4 is 17.7 Å². The molecular weight excluding hydrogens is 274 g/mol. The highest BCUT2D eigenvalue weighted by Crippen LogP contribution is 2.37. The number of aromatic carboxylic acids is 1. The van der Waals surface area contributed by atoms with E-state index in [4.69, 9.17) is 0 Å². The normalized spacial score (nSPS) is 16.9. The molecule has 1 atom stereocenters. The third kappa shape index (κ3) is 2.36. The van der Waals surface area contributed by atoms with Crippen LogP contribution >= 0.6 is 11.8 Å². The van der Waals surface area contributed by atoms with E-state index in [1.54, 1.807) is 11.8 Å². The topological polar surface area (TPSA) is 59.3 Å². The van der Waals surface area contributed by atoms with Crippen molar-refractivity contribution in [2.45, 2.75) is 23.1 Å². The minimum absolute atomic E-state index is 0.0501. The summed E-state index contributed by atoms with van der Waals surface area (Å²) < 4.78 is 1.35. The summed E-state index contributed by atoms with van der Waals surface area (Å²) in [4.78, 5) is 24.3. The van der Waals surface area contributed by atoms with E-state index in [9.17, 15) is 14.7 Å². The van der Waals surface area contributed by atoms with Gasteiger partial charge in [-0.2, -0.15) is 0 Å². The van der Waals surface area contributed by atoms with E-state index in [2.05, 4.69) is 12.1 Å². The summed E-state index contributed by atoms with van der Waals surface area (Å²) in [5.74, 6) is -1.07. The maximum atomic E-state index is 11.9. The van der Waals surface area contributed by atoms with Crippen LogP contribution in [0.25, 0.3) is 0 Å². The summed E-state index contributed by atoms with van der Waals surface area (Å²) in [5.41, 5.74) is 1.05. The number of carbonyl (C=O) groups is 1. The molecular formula is C15H13NO3S. The summed E-state index contributed by atoms with van der Waals surface area (Å²) >= 11 is 1.71. The number of carboxylic acid groups (broad SMARTS) is 1. The van der Waals surface area contributed by atoms with Crippen molar-refractivity contribution in [3.63, 3.8) is 0 Å². The quantitative estimate of drug-likeness (QED) is 0.940. The van der Waals surface area contributed by atoms with E-state index in [1.165, 1.54) is 33.2 Å². The average molecular weight is 287 g/mol. The molecule has 0 saturated heterocycles. The Morgan fingerprint density at radius 2 is 2.05 bits per heavy atom. The van der Waals surface area contributed by atoms with Crippen molar-refractivity contribution in [2.75, 3.05) is 0 Å². The van der Waals surface area contributed by atoms with Crippen molar-refractivity contribution in [1.82, 2.24) is 4.57 Å². The second-order valence-corrected chi connectivity index (χ2v) is 6.06. The number of aromatic nitrogens is 1.